The summed E-state index contributed by atoms with van der Waals surface area (Å²) in [4.78, 5) is 15.1. The summed E-state index contributed by atoms with van der Waals surface area (Å²) in [5, 5.41) is 13.9. The number of aliphatic carboxylic acids is 1. The van der Waals surface area contributed by atoms with Crippen molar-refractivity contribution in [3.63, 3.8) is 0 Å². The zero-order valence-corrected chi connectivity index (χ0v) is 13.2. The maximum Gasteiger partial charge on any atom is 0.321 e. The lowest BCUT2D eigenvalue weighted by molar-refractivity contribution is -0.139. The summed E-state index contributed by atoms with van der Waals surface area (Å²) in [6.07, 6.45) is 0.474. The van der Waals surface area contributed by atoms with Gasteiger partial charge in [0, 0.05) is 23.0 Å². The number of H-pyrrole nitrogens is 1. The van der Waals surface area contributed by atoms with Crippen molar-refractivity contribution in [1.82, 2.24) is 10.3 Å². The van der Waals surface area contributed by atoms with Crippen LogP contribution in [-0.2, 0) is 11.2 Å². The van der Waals surface area contributed by atoms with Gasteiger partial charge in [-0.05, 0) is 29.3 Å². The molecule has 5 heteroatoms. The summed E-state index contributed by atoms with van der Waals surface area (Å²) in [7, 11) is 1.63. The molecule has 24 heavy (non-hydrogen) atoms. The van der Waals surface area contributed by atoms with Gasteiger partial charge < -0.3 is 14.8 Å². The van der Waals surface area contributed by atoms with E-state index in [2.05, 4.69) is 10.3 Å². The smallest absolute Gasteiger partial charge is 0.321 e. The number of carboxylic acids is 1. The van der Waals surface area contributed by atoms with Crippen LogP contribution < -0.4 is 10.1 Å². The van der Waals surface area contributed by atoms with Crippen LogP contribution in [0.5, 0.6) is 5.75 Å². The predicted octanol–water partition coefficient (Wildman–Crippen LogP) is 2.86. The summed E-state index contributed by atoms with van der Waals surface area (Å²) in [6, 6.07) is 15.0. The van der Waals surface area contributed by atoms with Gasteiger partial charge in [0.2, 0.25) is 0 Å². The Labute approximate surface area is 139 Å². The second kappa shape index (κ2) is 5.69. The van der Waals surface area contributed by atoms with Gasteiger partial charge in [-0.2, -0.15) is 0 Å². The molecule has 122 valence electrons. The first-order chi connectivity index (χ1) is 11.7. The third-order valence-electron chi connectivity index (χ3n) is 4.66. The number of fused-ring (bicyclic) bond motifs is 3. The van der Waals surface area contributed by atoms with Crippen LogP contribution in [0.2, 0.25) is 0 Å². The Kier molecular flexibility index (Phi) is 3.50. The minimum Gasteiger partial charge on any atom is -0.497 e. The van der Waals surface area contributed by atoms with Crippen molar-refractivity contribution in [2.24, 2.45) is 0 Å². The molecule has 1 aromatic heterocycles. The first-order valence-corrected chi connectivity index (χ1v) is 7.89. The van der Waals surface area contributed by atoms with Crippen LogP contribution >= 0.6 is 0 Å². The fraction of sp³-hybridized carbons (Fsp3) is 0.211. The monoisotopic (exact) mass is 322 g/mol. The van der Waals surface area contributed by atoms with E-state index in [1.165, 1.54) is 0 Å². The lowest BCUT2D eigenvalue weighted by Crippen LogP contribution is -2.44. The average Bonchev–Trinajstić information content (AvgIpc) is 2.99. The number of hydrogen-bond donors (Lipinski definition) is 3. The molecule has 4 rings (SSSR count). The molecule has 0 saturated heterocycles. The van der Waals surface area contributed by atoms with Gasteiger partial charge in [-0.15, -0.1) is 0 Å². The Balaban J connectivity index is 1.85. The topological polar surface area (TPSA) is 74.3 Å². The van der Waals surface area contributed by atoms with Gasteiger partial charge in [0.15, 0.2) is 0 Å². The average molecular weight is 322 g/mol. The van der Waals surface area contributed by atoms with E-state index in [9.17, 15) is 9.90 Å². The molecule has 0 spiro atoms. The molecule has 2 atom stereocenters. The van der Waals surface area contributed by atoms with Gasteiger partial charge in [-0.3, -0.25) is 10.1 Å². The molecule has 0 radical (unpaired) electrons. The van der Waals surface area contributed by atoms with E-state index in [1.807, 2.05) is 48.5 Å². The van der Waals surface area contributed by atoms with Gasteiger partial charge in [0.25, 0.3) is 0 Å². The quantitative estimate of drug-likeness (QED) is 0.693. The number of carbonyl (C=O) groups is 1. The number of nitrogens with one attached hydrogen (secondary N) is 2. The fourth-order valence-electron chi connectivity index (χ4n) is 3.45. The maximum absolute atomic E-state index is 11.6. The lowest BCUT2D eigenvalue weighted by atomic mass is 9.90. The molecule has 0 amide bonds. The molecule has 0 bridgehead atoms. The predicted molar refractivity (Wildman–Crippen MR) is 91.4 cm³/mol. The van der Waals surface area contributed by atoms with Crippen molar-refractivity contribution in [1.29, 1.82) is 0 Å². The fourth-order valence-corrected chi connectivity index (χ4v) is 3.45. The van der Waals surface area contributed by atoms with Crippen LogP contribution in [0.25, 0.3) is 10.9 Å². The molecule has 3 aromatic rings. The van der Waals surface area contributed by atoms with Crippen molar-refractivity contribution in [3.8, 4) is 5.75 Å². The van der Waals surface area contributed by atoms with Crippen molar-refractivity contribution < 1.29 is 14.6 Å². The molecule has 1 aliphatic heterocycles. The number of aromatic amines is 1. The van der Waals surface area contributed by atoms with Gasteiger partial charge in [-0.25, -0.2) is 0 Å². The summed E-state index contributed by atoms with van der Waals surface area (Å²) < 4.78 is 5.21. The van der Waals surface area contributed by atoms with Crippen molar-refractivity contribution in [2.45, 2.75) is 18.5 Å². The Morgan fingerprint density at radius 2 is 1.92 bits per heavy atom. The van der Waals surface area contributed by atoms with E-state index in [4.69, 9.17) is 4.74 Å². The minimum atomic E-state index is -0.829. The van der Waals surface area contributed by atoms with Gasteiger partial charge in [0.1, 0.15) is 11.8 Å². The van der Waals surface area contributed by atoms with E-state index in [1.54, 1.807) is 7.11 Å². The standard InChI is InChI=1S/C19H18N2O3/c1-24-12-8-6-11(7-9-12)17-18-14(10-16(21-17)19(22)23)13-4-2-3-5-15(13)20-18/h2-9,16-17,20-21H,10H2,1H3,(H,22,23)/t16-,17+/m0/s1. The molecule has 1 aliphatic rings. The van der Waals surface area contributed by atoms with Crippen molar-refractivity contribution in [3.05, 3.63) is 65.4 Å². The molecule has 2 heterocycles. The van der Waals surface area contributed by atoms with Crippen LogP contribution in [-0.4, -0.2) is 29.2 Å². The minimum absolute atomic E-state index is 0.187. The number of aromatic nitrogens is 1. The number of ether oxygens (including phenoxy) is 1. The highest BCUT2D eigenvalue weighted by Crippen LogP contribution is 2.35. The van der Waals surface area contributed by atoms with Crippen LogP contribution in [0, 0.1) is 0 Å². The maximum atomic E-state index is 11.6. The van der Waals surface area contributed by atoms with E-state index in [-0.39, 0.29) is 6.04 Å². The number of hydrogen-bond acceptors (Lipinski definition) is 3. The van der Waals surface area contributed by atoms with Gasteiger partial charge >= 0.3 is 5.97 Å². The SMILES string of the molecule is COc1ccc([C@H]2N[C@H](C(=O)O)Cc3c2[nH]c2ccccc32)cc1. The Bertz CT molecular complexity index is 899. The molecule has 3 N–H and O–H groups in total. The molecule has 5 nitrogen and oxygen atoms in total. The second-order valence-electron chi connectivity index (χ2n) is 6.03. The number of benzene rings is 2. The molecular formula is C19H18N2O3. The molecule has 0 unspecified atom stereocenters. The first kappa shape index (κ1) is 14.8. The van der Waals surface area contributed by atoms with Crippen LogP contribution in [0.15, 0.2) is 48.5 Å². The third-order valence-corrected chi connectivity index (χ3v) is 4.66. The first-order valence-electron chi connectivity index (χ1n) is 7.89. The summed E-state index contributed by atoms with van der Waals surface area (Å²) in [6.45, 7) is 0. The Morgan fingerprint density at radius 1 is 1.17 bits per heavy atom. The number of para-hydroxylation sites is 1. The highest BCUT2D eigenvalue weighted by molar-refractivity contribution is 5.87. The highest BCUT2D eigenvalue weighted by atomic mass is 16.5. The van der Waals surface area contributed by atoms with Crippen molar-refractivity contribution in [2.75, 3.05) is 7.11 Å². The molecule has 0 fully saturated rings. The van der Waals surface area contributed by atoms with E-state index < -0.39 is 12.0 Å². The van der Waals surface area contributed by atoms with Gasteiger partial charge in [0.05, 0.1) is 13.2 Å². The largest absolute Gasteiger partial charge is 0.497 e. The molecular weight excluding hydrogens is 304 g/mol. The van der Waals surface area contributed by atoms with Crippen LogP contribution in [0.1, 0.15) is 22.9 Å². The molecule has 0 saturated carbocycles. The Morgan fingerprint density at radius 3 is 2.62 bits per heavy atom. The van der Waals surface area contributed by atoms with Crippen LogP contribution in [0.4, 0.5) is 0 Å². The summed E-state index contributed by atoms with van der Waals surface area (Å²) >= 11 is 0. The van der Waals surface area contributed by atoms with Crippen molar-refractivity contribution >= 4 is 16.9 Å². The normalized spacial score (nSPS) is 19.9. The van der Waals surface area contributed by atoms with E-state index in [0.717, 1.165) is 33.5 Å². The number of rotatable bonds is 3. The number of carboxylic acid groups (broad SMARTS) is 1. The molecule has 0 aliphatic carbocycles. The zero-order chi connectivity index (χ0) is 16.7. The summed E-state index contributed by atoms with van der Waals surface area (Å²) in [5.41, 5.74) is 4.17. The van der Waals surface area contributed by atoms with Gasteiger partial charge in [-0.1, -0.05) is 30.3 Å². The zero-order valence-electron chi connectivity index (χ0n) is 13.2. The van der Waals surface area contributed by atoms with E-state index in [0.29, 0.717) is 6.42 Å². The molecule has 2 aromatic carbocycles. The Hall–Kier alpha value is -2.79. The lowest BCUT2D eigenvalue weighted by Gasteiger charge is -2.29. The highest BCUT2D eigenvalue weighted by Gasteiger charge is 2.33. The van der Waals surface area contributed by atoms with E-state index >= 15 is 0 Å². The number of methoxy groups -OCH3 is 1. The van der Waals surface area contributed by atoms with Crippen LogP contribution in [0.3, 0.4) is 0 Å². The third kappa shape index (κ3) is 2.34. The second-order valence-corrected chi connectivity index (χ2v) is 6.03. The summed E-state index contributed by atoms with van der Waals surface area (Å²) in [5.74, 6) is -0.0503.